The first kappa shape index (κ1) is 20.6. The average molecular weight is 420 g/mol. The van der Waals surface area contributed by atoms with Gasteiger partial charge in [0, 0.05) is 48.3 Å². The number of halogens is 2. The van der Waals surface area contributed by atoms with E-state index in [9.17, 15) is 9.59 Å². The number of rotatable bonds is 5. The Labute approximate surface area is 175 Å². The van der Waals surface area contributed by atoms with Gasteiger partial charge in [0.25, 0.3) is 5.91 Å². The quantitative estimate of drug-likeness (QED) is 0.806. The van der Waals surface area contributed by atoms with Crippen LogP contribution in [0, 0.1) is 0 Å². The molecule has 3 rings (SSSR count). The molecule has 1 aliphatic heterocycles. The van der Waals surface area contributed by atoms with Gasteiger partial charge in [0.15, 0.2) is 0 Å². The zero-order valence-electron chi connectivity index (χ0n) is 15.7. The predicted molar refractivity (Wildman–Crippen MR) is 112 cm³/mol. The van der Waals surface area contributed by atoms with Gasteiger partial charge in [-0.1, -0.05) is 35.3 Å². The van der Waals surface area contributed by atoms with Crippen LogP contribution in [0.25, 0.3) is 0 Å². The summed E-state index contributed by atoms with van der Waals surface area (Å²) in [6, 6.07) is 14.1. The molecule has 1 fully saturated rings. The molecule has 1 atom stereocenters. The van der Waals surface area contributed by atoms with Crippen LogP contribution >= 0.6 is 23.2 Å². The number of nitrogens with zero attached hydrogens (tertiary/aromatic N) is 2. The van der Waals surface area contributed by atoms with Gasteiger partial charge in [-0.15, -0.1) is 0 Å². The summed E-state index contributed by atoms with van der Waals surface area (Å²) in [7, 11) is 0. The molecule has 2 aromatic rings. The highest BCUT2D eigenvalue weighted by atomic mass is 35.5. The standard InChI is InChI=1S/C21H23Cl2N3O2/c1-15(20(27)24-14-16-2-6-18(22)7-3-16)25-10-12-26(13-11-25)21(28)17-4-8-19(23)9-5-17/h2-9,15H,10-14H2,1H3,(H,24,27). The van der Waals surface area contributed by atoms with E-state index in [0.29, 0.717) is 48.3 Å². The fraction of sp³-hybridized carbons (Fsp3) is 0.333. The third-order valence-corrected chi connectivity index (χ3v) is 5.50. The molecule has 1 saturated heterocycles. The van der Waals surface area contributed by atoms with Crippen molar-refractivity contribution < 1.29 is 9.59 Å². The van der Waals surface area contributed by atoms with E-state index in [2.05, 4.69) is 10.2 Å². The minimum absolute atomic E-state index is 0.00356. The summed E-state index contributed by atoms with van der Waals surface area (Å²) in [5, 5.41) is 4.25. The highest BCUT2D eigenvalue weighted by Gasteiger charge is 2.27. The second kappa shape index (κ2) is 9.41. The van der Waals surface area contributed by atoms with Crippen molar-refractivity contribution in [1.29, 1.82) is 0 Å². The Morgan fingerprint density at radius 3 is 2.04 bits per heavy atom. The van der Waals surface area contributed by atoms with Crippen molar-refractivity contribution in [2.24, 2.45) is 0 Å². The lowest BCUT2D eigenvalue weighted by Gasteiger charge is -2.37. The van der Waals surface area contributed by atoms with Crippen molar-refractivity contribution in [1.82, 2.24) is 15.1 Å². The van der Waals surface area contributed by atoms with Crippen LogP contribution in [0.4, 0.5) is 0 Å². The minimum Gasteiger partial charge on any atom is -0.351 e. The average Bonchev–Trinajstić information content (AvgIpc) is 2.73. The number of carbonyl (C=O) groups is 2. The molecule has 0 spiro atoms. The van der Waals surface area contributed by atoms with Gasteiger partial charge in [0.1, 0.15) is 0 Å². The summed E-state index contributed by atoms with van der Waals surface area (Å²) < 4.78 is 0. The maximum absolute atomic E-state index is 12.6. The van der Waals surface area contributed by atoms with Gasteiger partial charge in [0.2, 0.25) is 5.91 Å². The van der Waals surface area contributed by atoms with E-state index < -0.39 is 0 Å². The number of nitrogens with one attached hydrogen (secondary N) is 1. The zero-order valence-corrected chi connectivity index (χ0v) is 17.2. The minimum atomic E-state index is -0.250. The van der Waals surface area contributed by atoms with E-state index in [0.717, 1.165) is 5.56 Å². The van der Waals surface area contributed by atoms with Gasteiger partial charge in [-0.05, 0) is 48.9 Å². The number of hydrogen-bond donors (Lipinski definition) is 1. The monoisotopic (exact) mass is 419 g/mol. The smallest absolute Gasteiger partial charge is 0.253 e. The number of carbonyl (C=O) groups excluding carboxylic acids is 2. The molecule has 148 valence electrons. The Hall–Kier alpha value is -2.08. The number of hydrogen-bond acceptors (Lipinski definition) is 3. The van der Waals surface area contributed by atoms with Crippen molar-refractivity contribution in [3.8, 4) is 0 Å². The number of amides is 2. The lowest BCUT2D eigenvalue weighted by molar-refractivity contribution is -0.126. The van der Waals surface area contributed by atoms with Gasteiger partial charge in [-0.3, -0.25) is 14.5 Å². The van der Waals surface area contributed by atoms with E-state index in [1.807, 2.05) is 36.1 Å². The molecule has 0 aromatic heterocycles. The first-order valence-electron chi connectivity index (χ1n) is 9.25. The predicted octanol–water partition coefficient (Wildman–Crippen LogP) is 3.46. The zero-order chi connectivity index (χ0) is 20.1. The molecule has 1 heterocycles. The molecule has 1 aliphatic rings. The molecular formula is C21H23Cl2N3O2. The summed E-state index contributed by atoms with van der Waals surface area (Å²) in [6.45, 7) is 4.87. The van der Waals surface area contributed by atoms with Crippen molar-refractivity contribution in [3.05, 3.63) is 69.7 Å². The van der Waals surface area contributed by atoms with Crippen LogP contribution in [0.3, 0.4) is 0 Å². The molecule has 2 amide bonds. The molecule has 7 heteroatoms. The van der Waals surface area contributed by atoms with E-state index in [1.165, 1.54) is 0 Å². The van der Waals surface area contributed by atoms with Crippen LogP contribution in [-0.4, -0.2) is 53.8 Å². The summed E-state index contributed by atoms with van der Waals surface area (Å²) in [4.78, 5) is 29.0. The van der Waals surface area contributed by atoms with E-state index in [1.54, 1.807) is 24.3 Å². The van der Waals surface area contributed by atoms with Gasteiger partial charge < -0.3 is 10.2 Å². The van der Waals surface area contributed by atoms with E-state index in [-0.39, 0.29) is 17.9 Å². The molecule has 0 radical (unpaired) electrons. The second-order valence-electron chi connectivity index (χ2n) is 6.86. The van der Waals surface area contributed by atoms with Gasteiger partial charge in [0.05, 0.1) is 6.04 Å². The van der Waals surface area contributed by atoms with Crippen molar-refractivity contribution in [3.63, 3.8) is 0 Å². The van der Waals surface area contributed by atoms with Crippen LogP contribution < -0.4 is 5.32 Å². The van der Waals surface area contributed by atoms with E-state index in [4.69, 9.17) is 23.2 Å². The molecule has 0 bridgehead atoms. The first-order chi connectivity index (χ1) is 13.4. The fourth-order valence-corrected chi connectivity index (χ4v) is 3.44. The van der Waals surface area contributed by atoms with Gasteiger partial charge in [-0.2, -0.15) is 0 Å². The van der Waals surface area contributed by atoms with Gasteiger partial charge >= 0.3 is 0 Å². The Bertz CT molecular complexity index is 817. The Kier molecular flexibility index (Phi) is 6.94. The summed E-state index contributed by atoms with van der Waals surface area (Å²) in [6.07, 6.45) is 0. The largest absolute Gasteiger partial charge is 0.351 e. The van der Waals surface area contributed by atoms with E-state index >= 15 is 0 Å². The van der Waals surface area contributed by atoms with Crippen molar-refractivity contribution in [2.45, 2.75) is 19.5 Å². The molecule has 1 unspecified atom stereocenters. The summed E-state index contributed by atoms with van der Waals surface area (Å²) >= 11 is 11.8. The maximum atomic E-state index is 12.6. The highest BCUT2D eigenvalue weighted by Crippen LogP contribution is 2.14. The summed E-state index contributed by atoms with van der Waals surface area (Å²) in [5.41, 5.74) is 1.63. The summed E-state index contributed by atoms with van der Waals surface area (Å²) in [5.74, 6) is -0.0245. The third-order valence-electron chi connectivity index (χ3n) is 5.00. The molecule has 2 aromatic carbocycles. The number of piperazine rings is 1. The SMILES string of the molecule is CC(C(=O)NCc1ccc(Cl)cc1)N1CCN(C(=O)c2ccc(Cl)cc2)CC1. The topological polar surface area (TPSA) is 52.7 Å². The van der Waals surface area contributed by atoms with Crippen LogP contribution in [0.1, 0.15) is 22.8 Å². The highest BCUT2D eigenvalue weighted by molar-refractivity contribution is 6.30. The van der Waals surface area contributed by atoms with Gasteiger partial charge in [-0.25, -0.2) is 0 Å². The maximum Gasteiger partial charge on any atom is 0.253 e. The van der Waals surface area contributed by atoms with Crippen LogP contribution in [0.2, 0.25) is 10.0 Å². The Morgan fingerprint density at radius 1 is 0.929 bits per heavy atom. The molecule has 28 heavy (non-hydrogen) atoms. The van der Waals surface area contributed by atoms with Crippen LogP contribution in [-0.2, 0) is 11.3 Å². The molecule has 0 saturated carbocycles. The molecule has 1 N–H and O–H groups in total. The first-order valence-corrected chi connectivity index (χ1v) is 10.0. The van der Waals surface area contributed by atoms with Crippen molar-refractivity contribution >= 4 is 35.0 Å². The number of benzene rings is 2. The van der Waals surface area contributed by atoms with Crippen LogP contribution in [0.5, 0.6) is 0 Å². The fourth-order valence-electron chi connectivity index (χ4n) is 3.19. The van der Waals surface area contributed by atoms with Crippen molar-refractivity contribution in [2.75, 3.05) is 26.2 Å². The second-order valence-corrected chi connectivity index (χ2v) is 7.73. The normalized spacial score (nSPS) is 15.9. The third kappa shape index (κ3) is 5.25. The lowest BCUT2D eigenvalue weighted by Crippen LogP contribution is -2.54. The Balaban J connectivity index is 1.48. The Morgan fingerprint density at radius 2 is 1.46 bits per heavy atom. The van der Waals surface area contributed by atoms with Crippen LogP contribution in [0.15, 0.2) is 48.5 Å². The lowest BCUT2D eigenvalue weighted by atomic mass is 10.1. The molecule has 5 nitrogen and oxygen atoms in total. The molecular weight excluding hydrogens is 397 g/mol. The molecule has 0 aliphatic carbocycles.